The molecule has 0 radical (unpaired) electrons. The van der Waals surface area contributed by atoms with E-state index >= 15 is 0 Å². The zero-order chi connectivity index (χ0) is 20.5. The number of hydrogen-bond acceptors (Lipinski definition) is 4. The molecule has 1 aromatic heterocycles. The Morgan fingerprint density at radius 1 is 1.10 bits per heavy atom. The number of ether oxygens (including phenoxy) is 1. The van der Waals surface area contributed by atoms with Crippen molar-refractivity contribution in [1.82, 2.24) is 9.88 Å². The molecular formula is C26H28N2O2. The molecular weight excluding hydrogens is 372 g/mol. The van der Waals surface area contributed by atoms with Crippen LogP contribution in [0.4, 0.5) is 0 Å². The highest BCUT2D eigenvalue weighted by Crippen LogP contribution is 2.46. The van der Waals surface area contributed by atoms with Crippen LogP contribution < -0.4 is 0 Å². The standard InChI is InChI=1S/C26H28N2O2/c1-2-18-16-28-15-13-20(18)23(17-28)25(30-26(29)19-8-4-3-5-9-19)22-12-14-27-24-11-7-6-10-21(22)24/h3-12,14,18,20,23,25H,2,13,15-17H2,1H3/t18-,20-,23+,25-/m0/s1. The second-order valence-corrected chi connectivity index (χ2v) is 8.65. The van der Waals surface area contributed by atoms with E-state index < -0.39 is 0 Å². The number of carbonyl (C=O) groups is 1. The molecule has 154 valence electrons. The zero-order valence-corrected chi connectivity index (χ0v) is 17.4. The Labute approximate surface area is 177 Å². The molecule has 0 saturated carbocycles. The summed E-state index contributed by atoms with van der Waals surface area (Å²) in [6.45, 7) is 5.61. The molecule has 3 fully saturated rings. The van der Waals surface area contributed by atoms with E-state index in [0.717, 1.165) is 29.6 Å². The summed E-state index contributed by atoms with van der Waals surface area (Å²) in [6.07, 6.45) is 3.94. The molecule has 0 aliphatic carbocycles. The molecule has 6 rings (SSSR count). The topological polar surface area (TPSA) is 42.4 Å². The van der Waals surface area contributed by atoms with Gasteiger partial charge in [0, 0.05) is 36.2 Å². The molecule has 0 spiro atoms. The lowest BCUT2D eigenvalue weighted by Crippen LogP contribution is -2.54. The van der Waals surface area contributed by atoms with Crippen molar-refractivity contribution in [3.63, 3.8) is 0 Å². The van der Waals surface area contributed by atoms with E-state index in [1.807, 2.05) is 60.8 Å². The van der Waals surface area contributed by atoms with Crippen LogP contribution in [-0.4, -0.2) is 35.5 Å². The number of carbonyl (C=O) groups excluding carboxylic acids is 1. The van der Waals surface area contributed by atoms with Crippen LogP contribution in [-0.2, 0) is 4.74 Å². The first-order chi connectivity index (χ1) is 14.7. The molecule has 3 aliphatic heterocycles. The average molecular weight is 401 g/mol. The van der Waals surface area contributed by atoms with E-state index in [-0.39, 0.29) is 12.1 Å². The van der Waals surface area contributed by atoms with Crippen molar-refractivity contribution >= 4 is 16.9 Å². The first-order valence-electron chi connectivity index (χ1n) is 11.1. The SMILES string of the molecule is CC[C@H]1CN2CC[C@@H]1[C@H]([C@@H](OC(=O)c1ccccc1)c1ccnc3ccccc13)C2. The fraction of sp³-hybridized carbons (Fsp3) is 0.385. The van der Waals surface area contributed by atoms with E-state index in [1.165, 1.54) is 19.4 Å². The van der Waals surface area contributed by atoms with Crippen LogP contribution in [0.15, 0.2) is 66.9 Å². The Morgan fingerprint density at radius 2 is 1.90 bits per heavy atom. The highest BCUT2D eigenvalue weighted by molar-refractivity contribution is 5.90. The third kappa shape index (κ3) is 3.50. The van der Waals surface area contributed by atoms with Gasteiger partial charge in [-0.3, -0.25) is 4.98 Å². The Bertz CT molecular complexity index is 1030. The predicted octanol–water partition coefficient (Wildman–Crippen LogP) is 5.11. The largest absolute Gasteiger partial charge is 0.454 e. The van der Waals surface area contributed by atoms with Crippen molar-refractivity contribution in [2.24, 2.45) is 17.8 Å². The molecule has 3 aromatic rings. The maximum atomic E-state index is 13.1. The van der Waals surface area contributed by atoms with Gasteiger partial charge in [-0.25, -0.2) is 4.79 Å². The molecule has 5 atom stereocenters. The number of para-hydroxylation sites is 1. The number of nitrogens with zero attached hydrogens (tertiary/aromatic N) is 2. The first-order valence-corrected chi connectivity index (χ1v) is 11.1. The number of benzene rings is 2. The molecule has 0 N–H and O–H groups in total. The third-order valence-corrected chi connectivity index (χ3v) is 7.04. The van der Waals surface area contributed by atoms with Crippen LogP contribution >= 0.6 is 0 Å². The van der Waals surface area contributed by atoms with Crippen LogP contribution in [0.2, 0.25) is 0 Å². The highest BCUT2D eigenvalue weighted by atomic mass is 16.5. The quantitative estimate of drug-likeness (QED) is 0.558. The van der Waals surface area contributed by atoms with Crippen LogP contribution in [0.3, 0.4) is 0 Å². The lowest BCUT2D eigenvalue weighted by Gasteiger charge is -2.51. The van der Waals surface area contributed by atoms with Gasteiger partial charge in [-0.1, -0.05) is 49.7 Å². The fourth-order valence-corrected chi connectivity index (χ4v) is 5.55. The van der Waals surface area contributed by atoms with Gasteiger partial charge in [-0.2, -0.15) is 0 Å². The summed E-state index contributed by atoms with van der Waals surface area (Å²) in [6, 6.07) is 19.6. The molecule has 4 nitrogen and oxygen atoms in total. The predicted molar refractivity (Wildman–Crippen MR) is 118 cm³/mol. The normalized spacial score (nSPS) is 26.4. The summed E-state index contributed by atoms with van der Waals surface area (Å²) < 4.78 is 6.32. The fourth-order valence-electron chi connectivity index (χ4n) is 5.55. The number of aromatic nitrogens is 1. The van der Waals surface area contributed by atoms with Gasteiger partial charge in [0.2, 0.25) is 0 Å². The minimum Gasteiger partial charge on any atom is -0.454 e. The molecule has 0 amide bonds. The van der Waals surface area contributed by atoms with Gasteiger partial charge in [-0.15, -0.1) is 0 Å². The minimum atomic E-state index is -0.271. The van der Waals surface area contributed by atoms with E-state index in [4.69, 9.17) is 4.74 Å². The smallest absolute Gasteiger partial charge is 0.338 e. The van der Waals surface area contributed by atoms with Crippen molar-refractivity contribution < 1.29 is 9.53 Å². The van der Waals surface area contributed by atoms with Crippen molar-refractivity contribution in [3.05, 3.63) is 78.0 Å². The van der Waals surface area contributed by atoms with Gasteiger partial charge >= 0.3 is 5.97 Å². The highest BCUT2D eigenvalue weighted by Gasteiger charge is 2.45. The monoisotopic (exact) mass is 400 g/mol. The number of esters is 1. The summed E-state index contributed by atoms with van der Waals surface area (Å²) in [5.41, 5.74) is 2.64. The summed E-state index contributed by atoms with van der Waals surface area (Å²) in [7, 11) is 0. The molecule has 3 saturated heterocycles. The minimum absolute atomic E-state index is 0.244. The van der Waals surface area contributed by atoms with Crippen LogP contribution in [0, 0.1) is 17.8 Å². The lowest BCUT2D eigenvalue weighted by molar-refractivity contribution is -0.0702. The average Bonchev–Trinajstić information content (AvgIpc) is 2.82. The van der Waals surface area contributed by atoms with Crippen LogP contribution in [0.1, 0.15) is 41.8 Å². The first kappa shape index (κ1) is 19.3. The molecule has 2 bridgehead atoms. The summed E-state index contributed by atoms with van der Waals surface area (Å²) in [5, 5.41) is 1.08. The van der Waals surface area contributed by atoms with Crippen molar-refractivity contribution in [2.45, 2.75) is 25.9 Å². The van der Waals surface area contributed by atoms with E-state index in [0.29, 0.717) is 23.3 Å². The van der Waals surface area contributed by atoms with E-state index in [1.54, 1.807) is 0 Å². The zero-order valence-electron chi connectivity index (χ0n) is 17.4. The van der Waals surface area contributed by atoms with Crippen molar-refractivity contribution in [1.29, 1.82) is 0 Å². The number of piperidine rings is 3. The Kier molecular flexibility index (Phi) is 5.26. The molecule has 4 heterocycles. The number of fused-ring (bicyclic) bond motifs is 4. The van der Waals surface area contributed by atoms with E-state index in [2.05, 4.69) is 22.9 Å². The number of hydrogen-bond donors (Lipinski definition) is 0. The van der Waals surface area contributed by atoms with Gasteiger partial charge in [0.15, 0.2) is 0 Å². The number of rotatable bonds is 5. The Hall–Kier alpha value is -2.72. The van der Waals surface area contributed by atoms with Gasteiger partial charge in [0.1, 0.15) is 6.10 Å². The summed E-state index contributed by atoms with van der Waals surface area (Å²) >= 11 is 0. The molecule has 2 aromatic carbocycles. The van der Waals surface area contributed by atoms with Crippen molar-refractivity contribution in [2.75, 3.05) is 19.6 Å². The molecule has 30 heavy (non-hydrogen) atoms. The second kappa shape index (κ2) is 8.19. The van der Waals surface area contributed by atoms with Gasteiger partial charge in [0.25, 0.3) is 0 Å². The lowest BCUT2D eigenvalue weighted by atomic mass is 9.68. The van der Waals surface area contributed by atoms with Crippen LogP contribution in [0.5, 0.6) is 0 Å². The van der Waals surface area contributed by atoms with Crippen molar-refractivity contribution in [3.8, 4) is 0 Å². The van der Waals surface area contributed by atoms with E-state index in [9.17, 15) is 4.79 Å². The van der Waals surface area contributed by atoms with Gasteiger partial charge < -0.3 is 9.64 Å². The molecule has 4 heteroatoms. The summed E-state index contributed by atoms with van der Waals surface area (Å²) in [4.78, 5) is 20.2. The maximum Gasteiger partial charge on any atom is 0.338 e. The van der Waals surface area contributed by atoms with Crippen LogP contribution in [0.25, 0.3) is 10.9 Å². The second-order valence-electron chi connectivity index (χ2n) is 8.65. The van der Waals surface area contributed by atoms with Gasteiger partial charge in [0.05, 0.1) is 11.1 Å². The molecule has 3 aliphatic rings. The Morgan fingerprint density at radius 3 is 2.70 bits per heavy atom. The number of pyridine rings is 1. The maximum absolute atomic E-state index is 13.1. The summed E-state index contributed by atoms with van der Waals surface area (Å²) in [5.74, 6) is 1.31. The van der Waals surface area contributed by atoms with Gasteiger partial charge in [-0.05, 0) is 49.1 Å². The molecule has 1 unspecified atom stereocenters. The Balaban J connectivity index is 1.56. The third-order valence-electron chi connectivity index (χ3n) is 7.04.